The van der Waals surface area contributed by atoms with Crippen LogP contribution in [0.15, 0.2) is 36.7 Å². The van der Waals surface area contributed by atoms with Crippen molar-refractivity contribution in [3.63, 3.8) is 0 Å². The van der Waals surface area contributed by atoms with Crippen molar-refractivity contribution in [3.8, 4) is 0 Å². The summed E-state index contributed by atoms with van der Waals surface area (Å²) in [5, 5.41) is 4.14. The third-order valence-electron chi connectivity index (χ3n) is 3.56. The topological polar surface area (TPSA) is 38.1 Å². The Morgan fingerprint density at radius 2 is 1.91 bits per heavy atom. The quantitative estimate of drug-likeness (QED) is 0.809. The Balaban J connectivity index is 2.27. The highest BCUT2D eigenvalue weighted by Crippen LogP contribution is 2.26. The van der Waals surface area contributed by atoms with Gasteiger partial charge in [-0.05, 0) is 23.1 Å². The van der Waals surface area contributed by atoms with Gasteiger partial charge in [0.15, 0.2) is 0 Å². The molecule has 5 heteroatoms. The predicted molar refractivity (Wildman–Crippen MR) is 90.3 cm³/mol. The molecule has 0 bridgehead atoms. The number of alkyl halides is 1. The third-order valence-corrected chi connectivity index (χ3v) is 3.79. The maximum atomic E-state index is 12.2. The van der Waals surface area contributed by atoms with Crippen molar-refractivity contribution in [1.29, 1.82) is 0 Å². The van der Waals surface area contributed by atoms with Gasteiger partial charge in [0.05, 0.1) is 12.7 Å². The lowest BCUT2D eigenvalue weighted by molar-refractivity contribution is -0.116. The number of aryl methyl sites for hydroxylation is 1. The van der Waals surface area contributed by atoms with Gasteiger partial charge in [0.25, 0.3) is 0 Å². The molecular formula is C17H22ClN3O. The standard InChI is InChI=1S/C17H22ClN3O/c1-17(2,3)14-5-7-15(8-6-14)21(16(22)9-18)12-13-10-19-20(4)11-13/h5-8,10-11H,9,12H2,1-4H3. The Labute approximate surface area is 136 Å². The average Bonchev–Trinajstić information content (AvgIpc) is 2.88. The minimum Gasteiger partial charge on any atom is -0.307 e. The normalized spacial score (nSPS) is 11.5. The fourth-order valence-electron chi connectivity index (χ4n) is 2.27. The Morgan fingerprint density at radius 3 is 2.36 bits per heavy atom. The number of anilines is 1. The number of benzene rings is 1. The van der Waals surface area contributed by atoms with E-state index in [1.807, 2.05) is 25.4 Å². The van der Waals surface area contributed by atoms with E-state index in [1.54, 1.807) is 15.8 Å². The molecule has 1 aromatic carbocycles. The molecule has 1 amide bonds. The predicted octanol–water partition coefficient (Wildman–Crippen LogP) is 3.49. The van der Waals surface area contributed by atoms with Crippen molar-refractivity contribution < 1.29 is 4.79 Å². The molecule has 118 valence electrons. The summed E-state index contributed by atoms with van der Waals surface area (Å²) in [6.07, 6.45) is 3.66. The van der Waals surface area contributed by atoms with Crippen LogP contribution < -0.4 is 4.90 Å². The van der Waals surface area contributed by atoms with Crippen molar-refractivity contribution >= 4 is 23.2 Å². The van der Waals surface area contributed by atoms with Gasteiger partial charge in [0, 0.05) is 24.5 Å². The van der Waals surface area contributed by atoms with E-state index in [-0.39, 0.29) is 17.2 Å². The molecule has 0 spiro atoms. The smallest absolute Gasteiger partial charge is 0.242 e. The monoisotopic (exact) mass is 319 g/mol. The maximum absolute atomic E-state index is 12.2. The van der Waals surface area contributed by atoms with E-state index < -0.39 is 0 Å². The van der Waals surface area contributed by atoms with Crippen LogP contribution in [0, 0.1) is 0 Å². The first-order valence-electron chi connectivity index (χ1n) is 7.25. The van der Waals surface area contributed by atoms with Crippen molar-refractivity contribution in [2.45, 2.75) is 32.7 Å². The highest BCUT2D eigenvalue weighted by Gasteiger charge is 2.18. The molecule has 0 unspecified atom stereocenters. The highest BCUT2D eigenvalue weighted by atomic mass is 35.5. The van der Waals surface area contributed by atoms with Gasteiger partial charge >= 0.3 is 0 Å². The second kappa shape index (κ2) is 6.53. The molecule has 0 aliphatic rings. The van der Waals surface area contributed by atoms with Crippen molar-refractivity contribution in [2.24, 2.45) is 7.05 Å². The van der Waals surface area contributed by atoms with Gasteiger partial charge < -0.3 is 4.90 Å². The molecule has 1 heterocycles. The van der Waals surface area contributed by atoms with Gasteiger partial charge in [-0.15, -0.1) is 11.6 Å². The van der Waals surface area contributed by atoms with E-state index in [9.17, 15) is 4.79 Å². The van der Waals surface area contributed by atoms with E-state index in [0.717, 1.165) is 11.3 Å². The summed E-state index contributed by atoms with van der Waals surface area (Å²) in [6.45, 7) is 6.96. The van der Waals surface area contributed by atoms with Crippen LogP contribution in [-0.4, -0.2) is 21.6 Å². The first-order valence-corrected chi connectivity index (χ1v) is 7.79. The lowest BCUT2D eigenvalue weighted by Gasteiger charge is -2.24. The zero-order chi connectivity index (χ0) is 16.3. The largest absolute Gasteiger partial charge is 0.307 e. The lowest BCUT2D eigenvalue weighted by Crippen LogP contribution is -2.31. The fraction of sp³-hybridized carbons (Fsp3) is 0.412. The van der Waals surface area contributed by atoms with E-state index in [0.29, 0.717) is 6.54 Å². The van der Waals surface area contributed by atoms with Gasteiger partial charge in [-0.2, -0.15) is 5.10 Å². The Bertz CT molecular complexity index is 641. The number of amides is 1. The molecule has 0 N–H and O–H groups in total. The Morgan fingerprint density at radius 1 is 1.27 bits per heavy atom. The molecular weight excluding hydrogens is 298 g/mol. The lowest BCUT2D eigenvalue weighted by atomic mass is 9.87. The molecule has 0 aliphatic heterocycles. The van der Waals surface area contributed by atoms with Crippen LogP contribution in [-0.2, 0) is 23.8 Å². The molecule has 4 nitrogen and oxygen atoms in total. The zero-order valence-electron chi connectivity index (χ0n) is 13.5. The fourth-order valence-corrected chi connectivity index (χ4v) is 2.42. The molecule has 2 aromatic rings. The number of rotatable bonds is 4. The first kappa shape index (κ1) is 16.6. The minimum absolute atomic E-state index is 0.0404. The second-order valence-electron chi connectivity index (χ2n) is 6.43. The molecule has 0 atom stereocenters. The second-order valence-corrected chi connectivity index (χ2v) is 6.70. The van der Waals surface area contributed by atoms with Crippen LogP contribution >= 0.6 is 11.6 Å². The number of hydrogen-bond acceptors (Lipinski definition) is 2. The molecule has 0 saturated carbocycles. The summed E-state index contributed by atoms with van der Waals surface area (Å²) in [5.74, 6) is -0.157. The molecule has 0 fully saturated rings. The zero-order valence-corrected chi connectivity index (χ0v) is 14.3. The Hall–Kier alpha value is -1.81. The van der Waals surface area contributed by atoms with Crippen LogP contribution in [0.2, 0.25) is 0 Å². The van der Waals surface area contributed by atoms with E-state index >= 15 is 0 Å². The number of carbonyl (C=O) groups is 1. The van der Waals surface area contributed by atoms with Gasteiger partial charge in [-0.25, -0.2) is 0 Å². The molecule has 0 aliphatic carbocycles. The maximum Gasteiger partial charge on any atom is 0.242 e. The third kappa shape index (κ3) is 3.89. The number of carbonyl (C=O) groups excluding carboxylic acids is 1. The molecule has 1 aromatic heterocycles. The summed E-state index contributed by atoms with van der Waals surface area (Å²) < 4.78 is 1.72. The van der Waals surface area contributed by atoms with Crippen LogP contribution in [0.5, 0.6) is 0 Å². The highest BCUT2D eigenvalue weighted by molar-refractivity contribution is 6.29. The SMILES string of the molecule is Cn1cc(CN(C(=O)CCl)c2ccc(C(C)(C)C)cc2)cn1. The van der Waals surface area contributed by atoms with Crippen molar-refractivity contribution in [3.05, 3.63) is 47.8 Å². The summed E-state index contributed by atoms with van der Waals surface area (Å²) in [6, 6.07) is 8.07. The van der Waals surface area contributed by atoms with Gasteiger partial charge in [-0.1, -0.05) is 32.9 Å². The average molecular weight is 320 g/mol. The first-order chi connectivity index (χ1) is 10.3. The van der Waals surface area contributed by atoms with E-state index in [2.05, 4.69) is 38.0 Å². The van der Waals surface area contributed by atoms with Crippen molar-refractivity contribution in [1.82, 2.24) is 9.78 Å². The summed E-state index contributed by atoms with van der Waals surface area (Å²) in [7, 11) is 1.86. The molecule has 2 rings (SSSR count). The molecule has 22 heavy (non-hydrogen) atoms. The Kier molecular flexibility index (Phi) is 4.91. The number of nitrogens with zero attached hydrogens (tertiary/aromatic N) is 3. The van der Waals surface area contributed by atoms with Gasteiger partial charge in [0.1, 0.15) is 5.88 Å². The number of hydrogen-bond donors (Lipinski definition) is 0. The molecule has 0 radical (unpaired) electrons. The van der Waals surface area contributed by atoms with Gasteiger partial charge in [0.2, 0.25) is 5.91 Å². The van der Waals surface area contributed by atoms with Crippen molar-refractivity contribution in [2.75, 3.05) is 10.8 Å². The summed E-state index contributed by atoms with van der Waals surface area (Å²) in [5.41, 5.74) is 3.14. The van der Waals surface area contributed by atoms with E-state index in [4.69, 9.17) is 11.6 Å². The van der Waals surface area contributed by atoms with Crippen LogP contribution in [0.4, 0.5) is 5.69 Å². The van der Waals surface area contributed by atoms with Crippen LogP contribution in [0.25, 0.3) is 0 Å². The molecule has 0 saturated heterocycles. The van der Waals surface area contributed by atoms with Crippen LogP contribution in [0.3, 0.4) is 0 Å². The number of halogens is 1. The van der Waals surface area contributed by atoms with E-state index in [1.165, 1.54) is 5.56 Å². The van der Waals surface area contributed by atoms with Gasteiger partial charge in [-0.3, -0.25) is 9.48 Å². The summed E-state index contributed by atoms with van der Waals surface area (Å²) >= 11 is 5.76. The minimum atomic E-state index is -0.117. The number of aromatic nitrogens is 2. The summed E-state index contributed by atoms with van der Waals surface area (Å²) in [4.78, 5) is 13.9. The van der Waals surface area contributed by atoms with Crippen LogP contribution in [0.1, 0.15) is 31.9 Å².